The third kappa shape index (κ3) is 4.38. The van der Waals surface area contributed by atoms with Crippen molar-refractivity contribution in [1.29, 1.82) is 0 Å². The van der Waals surface area contributed by atoms with E-state index in [1.54, 1.807) is 0 Å². The third-order valence-corrected chi connectivity index (χ3v) is 2.73. The lowest BCUT2D eigenvalue weighted by Crippen LogP contribution is -2.19. The van der Waals surface area contributed by atoms with Gasteiger partial charge in [-0.05, 0) is 25.7 Å². The van der Waals surface area contributed by atoms with Gasteiger partial charge in [-0.1, -0.05) is 25.9 Å². The summed E-state index contributed by atoms with van der Waals surface area (Å²) in [5, 5.41) is 3.97. The van der Waals surface area contributed by atoms with Crippen LogP contribution < -0.4 is 5.73 Å². The molecule has 0 aliphatic carbocycles. The van der Waals surface area contributed by atoms with E-state index in [0.29, 0.717) is 24.9 Å². The summed E-state index contributed by atoms with van der Waals surface area (Å²) in [6.45, 7) is 11.5. The molecule has 0 aliphatic rings. The molecule has 0 saturated carbocycles. The molecule has 2 unspecified atom stereocenters. The predicted octanol–water partition coefficient (Wildman–Crippen LogP) is 2.65. The highest BCUT2D eigenvalue weighted by Gasteiger charge is 2.25. The maximum absolute atomic E-state index is 5.80. The van der Waals surface area contributed by atoms with Crippen LogP contribution in [0.15, 0.2) is 4.52 Å². The van der Waals surface area contributed by atoms with E-state index < -0.39 is 0 Å². The number of hydrogen-bond acceptors (Lipinski definition) is 5. The molecule has 1 aromatic rings. The zero-order valence-electron chi connectivity index (χ0n) is 12.1. The lowest BCUT2D eigenvalue weighted by atomic mass is 9.84. The van der Waals surface area contributed by atoms with Crippen LogP contribution in [0.25, 0.3) is 0 Å². The van der Waals surface area contributed by atoms with Gasteiger partial charge < -0.3 is 15.0 Å². The Morgan fingerprint density at radius 3 is 2.56 bits per heavy atom. The van der Waals surface area contributed by atoms with E-state index in [9.17, 15) is 0 Å². The molecule has 104 valence electrons. The second-order valence-corrected chi connectivity index (χ2v) is 5.79. The molecule has 0 aliphatic heterocycles. The topological polar surface area (TPSA) is 74.2 Å². The van der Waals surface area contributed by atoms with Gasteiger partial charge in [0.15, 0.2) is 5.82 Å². The predicted molar refractivity (Wildman–Crippen MR) is 70.2 cm³/mol. The Kier molecular flexibility index (Phi) is 5.28. The minimum absolute atomic E-state index is 0.111. The highest BCUT2D eigenvalue weighted by Crippen LogP contribution is 2.30. The molecule has 2 N–H and O–H groups in total. The van der Waals surface area contributed by atoms with Gasteiger partial charge in [0.25, 0.3) is 0 Å². The molecule has 2 atom stereocenters. The Balaban J connectivity index is 2.76. The van der Waals surface area contributed by atoms with Crippen molar-refractivity contribution < 1.29 is 9.26 Å². The average molecular weight is 255 g/mol. The number of hydrogen-bond donors (Lipinski definition) is 1. The summed E-state index contributed by atoms with van der Waals surface area (Å²) < 4.78 is 10.7. The monoisotopic (exact) mass is 255 g/mol. The standard InChI is InChI=1S/C13H25N3O2/c1-6-17-9(2)11-15-12(18-16-11)10(8-14)7-13(3,4)5/h9-10H,6-8,14H2,1-5H3. The maximum atomic E-state index is 5.80. The number of nitrogens with two attached hydrogens (primary N) is 1. The van der Waals surface area contributed by atoms with Crippen LogP contribution in [0.1, 0.15) is 64.8 Å². The van der Waals surface area contributed by atoms with Crippen LogP contribution >= 0.6 is 0 Å². The Morgan fingerprint density at radius 1 is 1.39 bits per heavy atom. The largest absolute Gasteiger partial charge is 0.371 e. The molecule has 1 heterocycles. The van der Waals surface area contributed by atoms with Crippen LogP contribution in [0.2, 0.25) is 0 Å². The van der Waals surface area contributed by atoms with Crippen molar-refractivity contribution in [2.24, 2.45) is 11.1 Å². The normalized spacial score (nSPS) is 15.7. The number of nitrogens with zero attached hydrogens (tertiary/aromatic N) is 2. The second-order valence-electron chi connectivity index (χ2n) is 5.79. The molecule has 0 radical (unpaired) electrons. The minimum Gasteiger partial charge on any atom is -0.371 e. The Bertz CT molecular complexity index is 357. The van der Waals surface area contributed by atoms with Gasteiger partial charge in [0.1, 0.15) is 6.10 Å². The van der Waals surface area contributed by atoms with E-state index in [1.807, 2.05) is 13.8 Å². The summed E-state index contributed by atoms with van der Waals surface area (Å²) in [4.78, 5) is 4.40. The highest BCUT2D eigenvalue weighted by molar-refractivity contribution is 4.98. The van der Waals surface area contributed by atoms with Crippen molar-refractivity contribution in [2.45, 2.75) is 53.1 Å². The van der Waals surface area contributed by atoms with E-state index in [2.05, 4.69) is 30.9 Å². The van der Waals surface area contributed by atoms with E-state index >= 15 is 0 Å². The van der Waals surface area contributed by atoms with Crippen molar-refractivity contribution in [3.63, 3.8) is 0 Å². The van der Waals surface area contributed by atoms with Crippen LogP contribution in [0.4, 0.5) is 0 Å². The van der Waals surface area contributed by atoms with Gasteiger partial charge in [-0.3, -0.25) is 0 Å². The van der Waals surface area contributed by atoms with Gasteiger partial charge in [0, 0.05) is 13.2 Å². The number of aromatic nitrogens is 2. The zero-order valence-corrected chi connectivity index (χ0v) is 12.1. The fraction of sp³-hybridized carbons (Fsp3) is 0.846. The van der Waals surface area contributed by atoms with Gasteiger partial charge in [0.05, 0.1) is 5.92 Å². The van der Waals surface area contributed by atoms with Crippen molar-refractivity contribution in [2.75, 3.05) is 13.2 Å². The Hall–Kier alpha value is -0.940. The third-order valence-electron chi connectivity index (χ3n) is 2.73. The first kappa shape index (κ1) is 15.1. The van der Waals surface area contributed by atoms with Crippen molar-refractivity contribution in [1.82, 2.24) is 10.1 Å². The van der Waals surface area contributed by atoms with Crippen LogP contribution in [-0.4, -0.2) is 23.3 Å². The van der Waals surface area contributed by atoms with Gasteiger partial charge in [-0.15, -0.1) is 0 Å². The quantitative estimate of drug-likeness (QED) is 0.845. The summed E-state index contributed by atoms with van der Waals surface area (Å²) in [6, 6.07) is 0. The van der Waals surface area contributed by atoms with Crippen LogP contribution in [0.3, 0.4) is 0 Å². The molecular formula is C13H25N3O2. The van der Waals surface area contributed by atoms with Crippen LogP contribution in [-0.2, 0) is 4.74 Å². The van der Waals surface area contributed by atoms with Gasteiger partial charge >= 0.3 is 0 Å². The molecular weight excluding hydrogens is 230 g/mol. The van der Waals surface area contributed by atoms with E-state index in [-0.39, 0.29) is 17.4 Å². The molecule has 0 saturated heterocycles. The van der Waals surface area contributed by atoms with E-state index in [1.165, 1.54) is 0 Å². The summed E-state index contributed by atoms with van der Waals surface area (Å²) in [7, 11) is 0. The molecule has 0 amide bonds. The SMILES string of the molecule is CCOC(C)c1noc(C(CN)CC(C)(C)C)n1. The molecule has 1 rings (SSSR count). The summed E-state index contributed by atoms with van der Waals surface area (Å²) in [6.07, 6.45) is 0.786. The van der Waals surface area contributed by atoms with Crippen molar-refractivity contribution in [3.05, 3.63) is 11.7 Å². The lowest BCUT2D eigenvalue weighted by Gasteiger charge is -2.22. The summed E-state index contributed by atoms with van der Waals surface area (Å²) in [5.74, 6) is 1.33. The van der Waals surface area contributed by atoms with Crippen molar-refractivity contribution >= 4 is 0 Å². The zero-order chi connectivity index (χ0) is 13.8. The van der Waals surface area contributed by atoms with Gasteiger partial charge in [-0.2, -0.15) is 4.98 Å². The molecule has 18 heavy (non-hydrogen) atoms. The van der Waals surface area contributed by atoms with Crippen LogP contribution in [0.5, 0.6) is 0 Å². The van der Waals surface area contributed by atoms with E-state index in [4.69, 9.17) is 15.0 Å². The first-order valence-electron chi connectivity index (χ1n) is 6.52. The van der Waals surface area contributed by atoms with Gasteiger partial charge in [-0.25, -0.2) is 0 Å². The summed E-state index contributed by atoms with van der Waals surface area (Å²) >= 11 is 0. The van der Waals surface area contributed by atoms with Gasteiger partial charge in [0.2, 0.25) is 5.89 Å². The summed E-state index contributed by atoms with van der Waals surface area (Å²) in [5.41, 5.74) is 5.98. The van der Waals surface area contributed by atoms with Crippen LogP contribution in [0, 0.1) is 5.41 Å². The smallest absolute Gasteiger partial charge is 0.231 e. The molecule has 0 bridgehead atoms. The first-order chi connectivity index (χ1) is 8.37. The Labute approximate surface area is 109 Å². The maximum Gasteiger partial charge on any atom is 0.231 e. The minimum atomic E-state index is -0.138. The average Bonchev–Trinajstić information content (AvgIpc) is 2.74. The molecule has 5 nitrogen and oxygen atoms in total. The molecule has 5 heteroatoms. The fourth-order valence-electron chi connectivity index (χ4n) is 1.91. The molecule has 0 spiro atoms. The van der Waals surface area contributed by atoms with Crippen molar-refractivity contribution in [3.8, 4) is 0 Å². The first-order valence-corrected chi connectivity index (χ1v) is 6.52. The molecule has 0 fully saturated rings. The fourth-order valence-corrected chi connectivity index (χ4v) is 1.91. The number of ether oxygens (including phenoxy) is 1. The lowest BCUT2D eigenvalue weighted by molar-refractivity contribution is 0.0683. The second kappa shape index (κ2) is 6.29. The number of rotatable bonds is 6. The molecule has 0 aromatic carbocycles. The highest BCUT2D eigenvalue weighted by atomic mass is 16.5. The van der Waals surface area contributed by atoms with E-state index in [0.717, 1.165) is 6.42 Å². The Morgan fingerprint density at radius 2 is 2.06 bits per heavy atom. The molecule has 1 aromatic heterocycles.